The molecule has 9 nitrogen and oxygen atoms in total. The Morgan fingerprint density at radius 1 is 1.30 bits per heavy atom. The van der Waals surface area contributed by atoms with Crippen molar-refractivity contribution in [3.8, 4) is 5.75 Å². The molecule has 1 fully saturated rings. The van der Waals surface area contributed by atoms with Crippen molar-refractivity contribution in [3.05, 3.63) is 35.8 Å². The van der Waals surface area contributed by atoms with Gasteiger partial charge in [0.2, 0.25) is 12.0 Å². The van der Waals surface area contributed by atoms with Crippen molar-refractivity contribution in [3.63, 3.8) is 0 Å². The summed E-state index contributed by atoms with van der Waals surface area (Å²) in [4.78, 5) is 11.7. The number of benzene rings is 1. The van der Waals surface area contributed by atoms with Crippen molar-refractivity contribution in [1.82, 2.24) is 24.5 Å². The van der Waals surface area contributed by atoms with Crippen LogP contribution in [0.5, 0.6) is 5.75 Å². The quantitative estimate of drug-likeness (QED) is 0.652. The summed E-state index contributed by atoms with van der Waals surface area (Å²) in [6, 6.07) is 6.67. The number of nitrogen functional groups attached to an aromatic ring is 1. The standard InChI is InChI=1S/C21H27N8O/c1-13(2)28-16-7-9-27(12-14(16)11-23-28)10-8-18-24-20-15-5-4-6-17(30-3)19(15)25-21(22)29(20)26-18/h4-6,11,13,16H,7-10,12H2,1-3H3,(H2,22,25)/q+1. The van der Waals surface area contributed by atoms with Crippen molar-refractivity contribution in [2.75, 3.05) is 32.5 Å². The van der Waals surface area contributed by atoms with Gasteiger partial charge >= 0.3 is 0 Å². The van der Waals surface area contributed by atoms with Gasteiger partial charge in [0.05, 0.1) is 7.11 Å². The number of anilines is 1. The molecule has 1 aromatic carbocycles. The average Bonchev–Trinajstić information content (AvgIpc) is 3.36. The van der Waals surface area contributed by atoms with Crippen LogP contribution in [-0.4, -0.2) is 68.0 Å². The summed E-state index contributed by atoms with van der Waals surface area (Å²) < 4.78 is 9.28. The number of para-hydroxylation sites is 1. The van der Waals surface area contributed by atoms with Crippen molar-refractivity contribution in [2.45, 2.75) is 38.8 Å². The van der Waals surface area contributed by atoms with Crippen molar-refractivity contribution >= 4 is 22.5 Å². The van der Waals surface area contributed by atoms with Gasteiger partial charge in [-0.3, -0.25) is 4.90 Å². The zero-order valence-corrected chi connectivity index (χ0v) is 17.6. The molecule has 1 atom stereocenters. The number of ether oxygens (including phenoxy) is 1. The minimum absolute atomic E-state index is 0.313. The maximum atomic E-state index is 6.15. The van der Waals surface area contributed by atoms with Gasteiger partial charge in [0, 0.05) is 43.4 Å². The molecule has 3 aromatic rings. The van der Waals surface area contributed by atoms with E-state index in [1.807, 2.05) is 24.4 Å². The Balaban J connectivity index is 1.34. The summed E-state index contributed by atoms with van der Waals surface area (Å²) in [6.07, 6.45) is 3.91. The molecule has 2 aliphatic heterocycles. The fraction of sp³-hybridized carbons (Fsp3) is 0.476. The van der Waals surface area contributed by atoms with E-state index in [-0.39, 0.29) is 0 Å². The van der Waals surface area contributed by atoms with Gasteiger partial charge in [-0.2, -0.15) is 4.52 Å². The van der Waals surface area contributed by atoms with E-state index < -0.39 is 0 Å². The molecule has 4 heterocycles. The van der Waals surface area contributed by atoms with Gasteiger partial charge in [-0.25, -0.2) is 9.97 Å². The summed E-state index contributed by atoms with van der Waals surface area (Å²) in [5.74, 6) is 1.77. The first-order valence-corrected chi connectivity index (χ1v) is 10.4. The van der Waals surface area contributed by atoms with Gasteiger partial charge in [0.15, 0.2) is 17.5 Å². The number of rotatable bonds is 5. The van der Waals surface area contributed by atoms with Crippen LogP contribution in [0.25, 0.3) is 16.6 Å². The second kappa shape index (κ2) is 7.32. The van der Waals surface area contributed by atoms with Crippen LogP contribution in [0.4, 0.5) is 5.95 Å². The van der Waals surface area contributed by atoms with Gasteiger partial charge in [-0.1, -0.05) is 6.07 Å². The first-order chi connectivity index (χ1) is 14.5. The number of methoxy groups -OCH3 is 1. The lowest BCUT2D eigenvalue weighted by molar-refractivity contribution is -0.639. The summed E-state index contributed by atoms with van der Waals surface area (Å²) in [5.41, 5.74) is 8.99. The number of nitrogens with zero attached hydrogens (tertiary/aromatic N) is 7. The van der Waals surface area contributed by atoms with Crippen LogP contribution in [0.3, 0.4) is 0 Å². The largest absolute Gasteiger partial charge is 0.494 e. The highest BCUT2D eigenvalue weighted by Crippen LogP contribution is 2.28. The molecule has 156 valence electrons. The summed E-state index contributed by atoms with van der Waals surface area (Å²) in [5, 5.41) is 10.1. The first-order valence-electron chi connectivity index (χ1n) is 10.4. The molecule has 1 unspecified atom stereocenters. The normalized spacial score (nSPS) is 19.4. The predicted octanol–water partition coefficient (Wildman–Crippen LogP) is 2.26. The van der Waals surface area contributed by atoms with Crippen LogP contribution < -0.4 is 10.5 Å². The SMILES string of the molecule is COc1cccc2c1nc(N)n1nc(CCN3CCC4C(=CN=[N+]4C(C)C)C3)nc21. The van der Waals surface area contributed by atoms with Gasteiger partial charge in [-0.15, -0.1) is 9.80 Å². The molecule has 5 rings (SSSR count). The van der Waals surface area contributed by atoms with Crippen LogP contribution in [0.2, 0.25) is 0 Å². The minimum atomic E-state index is 0.313. The number of aromatic nitrogens is 4. The van der Waals surface area contributed by atoms with E-state index in [0.29, 0.717) is 29.3 Å². The fourth-order valence-corrected chi connectivity index (χ4v) is 4.46. The molecule has 0 radical (unpaired) electrons. The van der Waals surface area contributed by atoms with Crippen molar-refractivity contribution in [2.24, 2.45) is 5.11 Å². The maximum Gasteiger partial charge on any atom is 0.223 e. The molecule has 0 bridgehead atoms. The van der Waals surface area contributed by atoms with Crippen LogP contribution in [0.15, 0.2) is 35.1 Å². The number of nitrogens with two attached hydrogens (primary N) is 1. The third kappa shape index (κ3) is 3.09. The molecule has 1 saturated heterocycles. The number of hydrogen-bond acceptors (Lipinski definition) is 7. The number of likely N-dealkylation sites (tertiary alicyclic amines) is 1. The van der Waals surface area contributed by atoms with E-state index in [9.17, 15) is 0 Å². The summed E-state index contributed by atoms with van der Waals surface area (Å²) in [7, 11) is 1.63. The smallest absolute Gasteiger partial charge is 0.223 e. The zero-order valence-electron chi connectivity index (χ0n) is 17.6. The Labute approximate surface area is 174 Å². The van der Waals surface area contributed by atoms with E-state index in [4.69, 9.17) is 15.5 Å². The molecule has 0 aliphatic carbocycles. The van der Waals surface area contributed by atoms with Gasteiger partial charge in [0.25, 0.3) is 0 Å². The Hall–Kier alpha value is -3.07. The predicted molar refractivity (Wildman–Crippen MR) is 114 cm³/mol. The minimum Gasteiger partial charge on any atom is -0.494 e. The lowest BCUT2D eigenvalue weighted by Gasteiger charge is -2.29. The van der Waals surface area contributed by atoms with E-state index in [2.05, 4.69) is 38.6 Å². The Kier molecular flexibility index (Phi) is 4.62. The molecular weight excluding hydrogens is 380 g/mol. The molecule has 0 amide bonds. The second-order valence-electron chi connectivity index (χ2n) is 8.21. The Bertz CT molecular complexity index is 1180. The molecule has 0 saturated carbocycles. The van der Waals surface area contributed by atoms with Gasteiger partial charge < -0.3 is 10.5 Å². The number of piperidine rings is 1. The summed E-state index contributed by atoms with van der Waals surface area (Å²) >= 11 is 0. The zero-order chi connectivity index (χ0) is 20.8. The molecule has 9 heteroatoms. The Morgan fingerprint density at radius 3 is 2.97 bits per heavy atom. The van der Waals surface area contributed by atoms with Gasteiger partial charge in [0.1, 0.15) is 17.5 Å². The molecule has 2 N–H and O–H groups in total. The van der Waals surface area contributed by atoms with Crippen LogP contribution in [0.1, 0.15) is 26.1 Å². The maximum absolute atomic E-state index is 6.15. The first kappa shape index (κ1) is 18.9. The lowest BCUT2D eigenvalue weighted by atomic mass is 9.99. The lowest BCUT2D eigenvalue weighted by Crippen LogP contribution is -2.43. The molecule has 2 aliphatic rings. The summed E-state index contributed by atoms with van der Waals surface area (Å²) in [6.45, 7) is 7.30. The topological polar surface area (TPSA) is 96.9 Å². The van der Waals surface area contributed by atoms with Crippen LogP contribution >= 0.6 is 0 Å². The molecular formula is C21H27N8O+. The number of hydrogen-bond donors (Lipinski definition) is 1. The molecule has 30 heavy (non-hydrogen) atoms. The van der Waals surface area contributed by atoms with Crippen molar-refractivity contribution in [1.29, 1.82) is 0 Å². The second-order valence-corrected chi connectivity index (χ2v) is 8.21. The molecule has 0 spiro atoms. The fourth-order valence-electron chi connectivity index (χ4n) is 4.46. The third-order valence-electron chi connectivity index (χ3n) is 5.96. The highest BCUT2D eigenvalue weighted by atomic mass is 16.5. The monoisotopic (exact) mass is 407 g/mol. The van der Waals surface area contributed by atoms with E-state index in [1.165, 1.54) is 5.57 Å². The van der Waals surface area contributed by atoms with E-state index in [0.717, 1.165) is 49.3 Å². The van der Waals surface area contributed by atoms with E-state index >= 15 is 0 Å². The van der Waals surface area contributed by atoms with Crippen LogP contribution in [0, 0.1) is 0 Å². The average molecular weight is 408 g/mol. The van der Waals surface area contributed by atoms with E-state index in [1.54, 1.807) is 11.6 Å². The van der Waals surface area contributed by atoms with Crippen molar-refractivity contribution < 1.29 is 9.43 Å². The van der Waals surface area contributed by atoms with Gasteiger partial charge in [-0.05, 0) is 31.1 Å². The highest BCUT2D eigenvalue weighted by Gasteiger charge is 2.38. The number of azo groups is 2. The third-order valence-corrected chi connectivity index (χ3v) is 5.96. The highest BCUT2D eigenvalue weighted by molar-refractivity contribution is 5.95. The van der Waals surface area contributed by atoms with Crippen LogP contribution in [-0.2, 0) is 6.42 Å². The Morgan fingerprint density at radius 2 is 2.17 bits per heavy atom. The molecule has 2 aromatic heterocycles. The number of fused-ring (bicyclic) bond motifs is 4.